The van der Waals surface area contributed by atoms with E-state index in [4.69, 9.17) is 0 Å². The van der Waals surface area contributed by atoms with E-state index in [1.807, 2.05) is 60.7 Å². The molecule has 1 heterocycles. The van der Waals surface area contributed by atoms with Crippen LogP contribution in [0.1, 0.15) is 42.1 Å². The quantitative estimate of drug-likeness (QED) is 0.854. The van der Waals surface area contributed by atoms with Crippen LogP contribution in [0, 0.1) is 0 Å². The summed E-state index contributed by atoms with van der Waals surface area (Å²) in [5, 5.41) is 11.0. The van der Waals surface area contributed by atoms with E-state index >= 15 is 0 Å². The maximum atomic E-state index is 12.8. The second kappa shape index (κ2) is 7.29. The smallest absolute Gasteiger partial charge is 0.179 e. The standard InChI is InChI=1S/C21H25NO2/c1-2-19(20(23)17-9-5-3-6-10-17)22-15-13-21(24,14-16-22)18-11-7-4-8-12-18/h3-12,19,24H,2,13-16H2,1H3. The van der Waals surface area contributed by atoms with Crippen molar-refractivity contribution in [1.29, 1.82) is 0 Å². The maximum Gasteiger partial charge on any atom is 0.179 e. The third-order valence-corrected chi connectivity index (χ3v) is 5.12. The topological polar surface area (TPSA) is 40.5 Å². The first-order valence-electron chi connectivity index (χ1n) is 8.75. The second-order valence-corrected chi connectivity index (χ2v) is 6.59. The Labute approximate surface area is 143 Å². The number of ketones is 1. The van der Waals surface area contributed by atoms with Crippen molar-refractivity contribution in [2.45, 2.75) is 37.8 Å². The largest absolute Gasteiger partial charge is 0.385 e. The van der Waals surface area contributed by atoms with Crippen molar-refractivity contribution >= 4 is 5.78 Å². The number of Topliss-reactive ketones (excluding diaryl/α,β-unsaturated/α-hetero) is 1. The number of carbonyl (C=O) groups is 1. The van der Waals surface area contributed by atoms with Crippen LogP contribution in [-0.4, -0.2) is 34.9 Å². The number of hydrogen-bond acceptors (Lipinski definition) is 3. The Morgan fingerprint density at radius 2 is 1.58 bits per heavy atom. The van der Waals surface area contributed by atoms with Crippen molar-refractivity contribution in [2.24, 2.45) is 0 Å². The van der Waals surface area contributed by atoms with E-state index in [2.05, 4.69) is 11.8 Å². The van der Waals surface area contributed by atoms with Crippen molar-refractivity contribution in [3.8, 4) is 0 Å². The predicted molar refractivity (Wildman–Crippen MR) is 96.0 cm³/mol. The number of aliphatic hydroxyl groups is 1. The molecule has 24 heavy (non-hydrogen) atoms. The van der Waals surface area contributed by atoms with Gasteiger partial charge >= 0.3 is 0 Å². The summed E-state index contributed by atoms with van der Waals surface area (Å²) >= 11 is 0. The highest BCUT2D eigenvalue weighted by Crippen LogP contribution is 2.33. The van der Waals surface area contributed by atoms with E-state index in [1.54, 1.807) is 0 Å². The monoisotopic (exact) mass is 323 g/mol. The van der Waals surface area contributed by atoms with Crippen molar-refractivity contribution in [3.05, 3.63) is 71.8 Å². The summed E-state index contributed by atoms with van der Waals surface area (Å²) in [6.07, 6.45) is 2.11. The third kappa shape index (κ3) is 3.42. The molecule has 3 nitrogen and oxygen atoms in total. The normalized spacial score (nSPS) is 18.9. The number of hydrogen-bond donors (Lipinski definition) is 1. The molecule has 2 aromatic rings. The average molecular weight is 323 g/mol. The molecule has 3 rings (SSSR count). The highest BCUT2D eigenvalue weighted by molar-refractivity contribution is 6.00. The molecule has 1 atom stereocenters. The molecule has 0 amide bonds. The Morgan fingerprint density at radius 3 is 2.12 bits per heavy atom. The molecule has 1 unspecified atom stereocenters. The SMILES string of the molecule is CCC(C(=O)c1ccccc1)N1CCC(O)(c2ccccc2)CC1. The fraction of sp³-hybridized carbons (Fsp3) is 0.381. The summed E-state index contributed by atoms with van der Waals surface area (Å²) in [7, 11) is 0. The molecule has 2 aromatic carbocycles. The van der Waals surface area contributed by atoms with Gasteiger partial charge in [0.1, 0.15) is 0 Å². The van der Waals surface area contributed by atoms with Crippen LogP contribution in [0.2, 0.25) is 0 Å². The minimum Gasteiger partial charge on any atom is -0.385 e. The lowest BCUT2D eigenvalue weighted by molar-refractivity contribution is -0.0336. The van der Waals surface area contributed by atoms with Crippen molar-refractivity contribution in [3.63, 3.8) is 0 Å². The Hall–Kier alpha value is -1.97. The lowest BCUT2D eigenvalue weighted by atomic mass is 9.83. The second-order valence-electron chi connectivity index (χ2n) is 6.59. The van der Waals surface area contributed by atoms with Crippen LogP contribution >= 0.6 is 0 Å². The first-order chi connectivity index (χ1) is 11.6. The van der Waals surface area contributed by atoms with Gasteiger partial charge in [-0.05, 0) is 24.8 Å². The van der Waals surface area contributed by atoms with Crippen molar-refractivity contribution in [2.75, 3.05) is 13.1 Å². The minimum absolute atomic E-state index is 0.104. The summed E-state index contributed by atoms with van der Waals surface area (Å²) in [6.45, 7) is 3.54. The zero-order valence-electron chi connectivity index (χ0n) is 14.2. The van der Waals surface area contributed by atoms with Gasteiger partial charge in [0.15, 0.2) is 5.78 Å². The lowest BCUT2D eigenvalue weighted by Gasteiger charge is -2.41. The molecule has 0 aromatic heterocycles. The number of rotatable bonds is 5. The third-order valence-electron chi connectivity index (χ3n) is 5.12. The Bertz CT molecular complexity index is 661. The van der Waals surface area contributed by atoms with Gasteiger partial charge in [-0.3, -0.25) is 9.69 Å². The molecular formula is C21H25NO2. The number of nitrogens with zero attached hydrogens (tertiary/aromatic N) is 1. The van der Waals surface area contributed by atoms with Gasteiger partial charge in [0.25, 0.3) is 0 Å². The van der Waals surface area contributed by atoms with Gasteiger partial charge in [0, 0.05) is 18.7 Å². The van der Waals surface area contributed by atoms with E-state index in [0.29, 0.717) is 12.8 Å². The lowest BCUT2D eigenvalue weighted by Crippen LogP contribution is -2.49. The molecule has 1 aliphatic heterocycles. The molecule has 3 heteroatoms. The number of piperidine rings is 1. The van der Waals surface area contributed by atoms with Crippen molar-refractivity contribution < 1.29 is 9.90 Å². The van der Waals surface area contributed by atoms with E-state index in [1.165, 1.54) is 0 Å². The molecular weight excluding hydrogens is 298 g/mol. The molecule has 0 spiro atoms. The molecule has 0 radical (unpaired) electrons. The summed E-state index contributed by atoms with van der Waals surface area (Å²) in [5.74, 6) is 0.184. The summed E-state index contributed by atoms with van der Waals surface area (Å²) in [4.78, 5) is 15.0. The Kier molecular flexibility index (Phi) is 5.12. The highest BCUT2D eigenvalue weighted by atomic mass is 16.3. The fourth-order valence-corrected chi connectivity index (χ4v) is 3.65. The van der Waals surface area contributed by atoms with Gasteiger partial charge < -0.3 is 5.11 Å². The van der Waals surface area contributed by atoms with Crippen LogP contribution in [0.15, 0.2) is 60.7 Å². The van der Waals surface area contributed by atoms with Gasteiger partial charge in [-0.15, -0.1) is 0 Å². The minimum atomic E-state index is -0.772. The Morgan fingerprint density at radius 1 is 1.04 bits per heavy atom. The van der Waals surface area contributed by atoms with Gasteiger partial charge in [-0.2, -0.15) is 0 Å². The first-order valence-corrected chi connectivity index (χ1v) is 8.75. The predicted octanol–water partition coefficient (Wildman–Crippen LogP) is 3.63. The summed E-state index contributed by atoms with van der Waals surface area (Å²) in [6, 6.07) is 19.3. The van der Waals surface area contributed by atoms with E-state index in [9.17, 15) is 9.90 Å². The summed E-state index contributed by atoms with van der Waals surface area (Å²) < 4.78 is 0. The van der Waals surface area contributed by atoms with E-state index in [-0.39, 0.29) is 11.8 Å². The number of benzene rings is 2. The molecule has 0 aliphatic carbocycles. The van der Waals surface area contributed by atoms with Crippen LogP contribution in [0.3, 0.4) is 0 Å². The van der Waals surface area contributed by atoms with E-state index < -0.39 is 5.60 Å². The molecule has 0 bridgehead atoms. The molecule has 0 saturated carbocycles. The summed E-state index contributed by atoms with van der Waals surface area (Å²) in [5.41, 5.74) is 0.978. The van der Waals surface area contributed by atoms with Crippen LogP contribution in [0.5, 0.6) is 0 Å². The van der Waals surface area contributed by atoms with Crippen LogP contribution < -0.4 is 0 Å². The first kappa shape index (κ1) is 16.9. The van der Waals surface area contributed by atoms with Crippen LogP contribution in [0.25, 0.3) is 0 Å². The molecule has 1 fully saturated rings. The molecule has 1 saturated heterocycles. The van der Waals surface area contributed by atoms with Crippen molar-refractivity contribution in [1.82, 2.24) is 4.90 Å². The zero-order chi connectivity index (χ0) is 17.0. The number of carbonyl (C=O) groups excluding carboxylic acids is 1. The fourth-order valence-electron chi connectivity index (χ4n) is 3.65. The van der Waals surface area contributed by atoms with Crippen LogP contribution in [0.4, 0.5) is 0 Å². The average Bonchev–Trinajstić information content (AvgIpc) is 2.65. The van der Waals surface area contributed by atoms with Gasteiger partial charge in [0.05, 0.1) is 11.6 Å². The zero-order valence-corrected chi connectivity index (χ0v) is 14.2. The van der Waals surface area contributed by atoms with Gasteiger partial charge in [-0.1, -0.05) is 67.6 Å². The molecule has 126 valence electrons. The van der Waals surface area contributed by atoms with Gasteiger partial charge in [-0.25, -0.2) is 0 Å². The maximum absolute atomic E-state index is 12.8. The van der Waals surface area contributed by atoms with Gasteiger partial charge in [0.2, 0.25) is 0 Å². The Balaban J connectivity index is 1.70. The van der Waals surface area contributed by atoms with Crippen LogP contribution in [-0.2, 0) is 5.60 Å². The van der Waals surface area contributed by atoms with E-state index in [0.717, 1.165) is 30.6 Å². The highest BCUT2D eigenvalue weighted by Gasteiger charge is 2.37. The number of likely N-dealkylation sites (tertiary alicyclic amines) is 1. The molecule has 1 aliphatic rings. The molecule has 1 N–H and O–H groups in total.